The van der Waals surface area contributed by atoms with Gasteiger partial charge in [-0.3, -0.25) is 0 Å². The molecule has 1 heterocycles. The van der Waals surface area contributed by atoms with Crippen LogP contribution in [0, 0.1) is 0 Å². The summed E-state index contributed by atoms with van der Waals surface area (Å²) in [5.74, 6) is 0. The molecule has 0 aromatic rings. The molecule has 3 nitrogen and oxygen atoms in total. The maximum Gasteiger partial charge on any atom is 0.0584 e. The predicted octanol–water partition coefficient (Wildman–Crippen LogP) is 0.489. The Kier molecular flexibility index (Phi) is 5.35. The lowest BCUT2D eigenvalue weighted by Crippen LogP contribution is -2.45. The van der Waals surface area contributed by atoms with Crippen LogP contribution in [0.3, 0.4) is 0 Å². The van der Waals surface area contributed by atoms with Crippen LogP contribution in [0.25, 0.3) is 0 Å². The van der Waals surface area contributed by atoms with Gasteiger partial charge in [-0.2, -0.15) is 0 Å². The molecule has 0 saturated carbocycles. The molecule has 0 aromatic heterocycles. The smallest absolute Gasteiger partial charge is 0.0584 e. The highest BCUT2D eigenvalue weighted by atomic mass is 16.3. The largest absolute Gasteiger partial charge is 0.395 e. The number of hydrogen-bond donors (Lipinski definition) is 3. The Hall–Kier alpha value is -0.120. The zero-order valence-corrected chi connectivity index (χ0v) is 8.55. The van der Waals surface area contributed by atoms with Crippen molar-refractivity contribution in [1.29, 1.82) is 0 Å². The van der Waals surface area contributed by atoms with Gasteiger partial charge in [0, 0.05) is 18.6 Å². The van der Waals surface area contributed by atoms with E-state index in [1.54, 1.807) is 0 Å². The first-order chi connectivity index (χ1) is 6.36. The molecule has 3 heteroatoms. The number of rotatable bonds is 5. The van der Waals surface area contributed by atoms with Gasteiger partial charge in [-0.15, -0.1) is 0 Å². The average molecular weight is 186 g/mol. The van der Waals surface area contributed by atoms with Gasteiger partial charge < -0.3 is 15.7 Å². The fourth-order valence-electron chi connectivity index (χ4n) is 1.75. The van der Waals surface area contributed by atoms with Crippen LogP contribution in [0.4, 0.5) is 0 Å². The summed E-state index contributed by atoms with van der Waals surface area (Å²) in [6.45, 7) is 4.51. The number of nitrogens with one attached hydrogen (secondary N) is 2. The van der Waals surface area contributed by atoms with Crippen molar-refractivity contribution >= 4 is 0 Å². The van der Waals surface area contributed by atoms with Gasteiger partial charge in [-0.1, -0.05) is 13.3 Å². The zero-order chi connectivity index (χ0) is 9.52. The molecule has 1 rings (SSSR count). The minimum atomic E-state index is 0.253. The van der Waals surface area contributed by atoms with Gasteiger partial charge in [0.1, 0.15) is 0 Å². The molecule has 1 aliphatic rings. The molecular weight excluding hydrogens is 164 g/mol. The van der Waals surface area contributed by atoms with Gasteiger partial charge in [0.25, 0.3) is 0 Å². The van der Waals surface area contributed by atoms with E-state index in [0.717, 1.165) is 19.5 Å². The number of hydrogen-bond acceptors (Lipinski definition) is 3. The van der Waals surface area contributed by atoms with E-state index >= 15 is 0 Å². The summed E-state index contributed by atoms with van der Waals surface area (Å²) in [6.07, 6.45) is 4.93. The molecule has 1 saturated heterocycles. The van der Waals surface area contributed by atoms with Crippen LogP contribution < -0.4 is 10.6 Å². The summed E-state index contributed by atoms with van der Waals surface area (Å²) < 4.78 is 0. The van der Waals surface area contributed by atoms with Crippen molar-refractivity contribution in [2.45, 2.75) is 44.7 Å². The summed E-state index contributed by atoms with van der Waals surface area (Å²) in [6, 6.07) is 0.901. The molecule has 2 atom stereocenters. The van der Waals surface area contributed by atoms with Gasteiger partial charge >= 0.3 is 0 Å². The van der Waals surface area contributed by atoms with Crippen molar-refractivity contribution < 1.29 is 5.11 Å². The van der Waals surface area contributed by atoms with Gasteiger partial charge in [0.2, 0.25) is 0 Å². The maximum absolute atomic E-state index is 8.97. The van der Waals surface area contributed by atoms with Gasteiger partial charge in [0.15, 0.2) is 0 Å². The molecule has 0 amide bonds. The van der Waals surface area contributed by atoms with E-state index in [-0.39, 0.29) is 12.6 Å². The van der Waals surface area contributed by atoms with Crippen LogP contribution in [0.2, 0.25) is 0 Å². The number of piperidine rings is 1. The average Bonchev–Trinajstić information content (AvgIpc) is 2.21. The monoisotopic (exact) mass is 186 g/mol. The first-order valence-electron chi connectivity index (χ1n) is 5.44. The van der Waals surface area contributed by atoms with E-state index in [9.17, 15) is 0 Å². The second kappa shape index (κ2) is 6.35. The third-order valence-electron chi connectivity index (χ3n) is 2.78. The molecule has 1 fully saturated rings. The Morgan fingerprint density at radius 1 is 1.54 bits per heavy atom. The summed E-state index contributed by atoms with van der Waals surface area (Å²) in [5.41, 5.74) is 0. The SMILES string of the molecule is CCC(CO)NCC1CCCCN1. The third kappa shape index (κ3) is 4.07. The van der Waals surface area contributed by atoms with Crippen LogP contribution in [-0.4, -0.2) is 36.9 Å². The predicted molar refractivity (Wildman–Crippen MR) is 54.8 cm³/mol. The van der Waals surface area contributed by atoms with E-state index in [1.807, 2.05) is 0 Å². The minimum Gasteiger partial charge on any atom is -0.395 e. The van der Waals surface area contributed by atoms with Crippen molar-refractivity contribution in [3.63, 3.8) is 0 Å². The molecule has 0 radical (unpaired) electrons. The summed E-state index contributed by atoms with van der Waals surface area (Å²) in [4.78, 5) is 0. The van der Waals surface area contributed by atoms with E-state index in [4.69, 9.17) is 5.11 Å². The van der Waals surface area contributed by atoms with E-state index in [0.29, 0.717) is 6.04 Å². The standard InChI is InChI=1S/C10H22N2O/c1-2-9(8-13)12-7-10-5-3-4-6-11-10/h9-13H,2-8H2,1H3. The normalized spacial score (nSPS) is 25.8. The fourth-order valence-corrected chi connectivity index (χ4v) is 1.75. The Morgan fingerprint density at radius 2 is 2.38 bits per heavy atom. The Balaban J connectivity index is 2.09. The van der Waals surface area contributed by atoms with E-state index in [2.05, 4.69) is 17.6 Å². The quantitative estimate of drug-likeness (QED) is 0.585. The highest BCUT2D eigenvalue weighted by molar-refractivity contribution is 4.76. The molecule has 13 heavy (non-hydrogen) atoms. The second-order valence-corrected chi connectivity index (χ2v) is 3.84. The van der Waals surface area contributed by atoms with Crippen LogP contribution in [-0.2, 0) is 0 Å². The first kappa shape index (κ1) is 11.0. The topological polar surface area (TPSA) is 44.3 Å². The lowest BCUT2D eigenvalue weighted by Gasteiger charge is -2.25. The molecule has 0 aliphatic carbocycles. The Bertz CT molecular complexity index is 120. The van der Waals surface area contributed by atoms with E-state index < -0.39 is 0 Å². The molecule has 2 unspecified atom stereocenters. The Labute approximate surface area is 80.9 Å². The highest BCUT2D eigenvalue weighted by Gasteiger charge is 2.13. The van der Waals surface area contributed by atoms with Crippen LogP contribution in [0.5, 0.6) is 0 Å². The highest BCUT2D eigenvalue weighted by Crippen LogP contribution is 2.06. The van der Waals surface area contributed by atoms with Crippen LogP contribution in [0.15, 0.2) is 0 Å². The lowest BCUT2D eigenvalue weighted by atomic mass is 10.0. The summed E-state index contributed by atoms with van der Waals surface area (Å²) in [7, 11) is 0. The molecular formula is C10H22N2O. The minimum absolute atomic E-state index is 0.253. The van der Waals surface area contributed by atoms with Crippen molar-refractivity contribution in [3.8, 4) is 0 Å². The van der Waals surface area contributed by atoms with Gasteiger partial charge in [-0.25, -0.2) is 0 Å². The second-order valence-electron chi connectivity index (χ2n) is 3.84. The van der Waals surface area contributed by atoms with E-state index in [1.165, 1.54) is 19.3 Å². The van der Waals surface area contributed by atoms with Gasteiger partial charge in [0.05, 0.1) is 6.61 Å². The fraction of sp³-hybridized carbons (Fsp3) is 1.00. The van der Waals surface area contributed by atoms with Crippen molar-refractivity contribution in [2.24, 2.45) is 0 Å². The molecule has 1 aliphatic heterocycles. The first-order valence-corrected chi connectivity index (χ1v) is 5.44. The maximum atomic E-state index is 8.97. The van der Waals surface area contributed by atoms with Crippen molar-refractivity contribution in [2.75, 3.05) is 19.7 Å². The summed E-state index contributed by atoms with van der Waals surface area (Å²) in [5, 5.41) is 15.8. The van der Waals surface area contributed by atoms with Crippen LogP contribution >= 0.6 is 0 Å². The lowest BCUT2D eigenvalue weighted by molar-refractivity contribution is 0.232. The molecule has 0 bridgehead atoms. The Morgan fingerprint density at radius 3 is 2.92 bits per heavy atom. The van der Waals surface area contributed by atoms with Crippen molar-refractivity contribution in [3.05, 3.63) is 0 Å². The molecule has 0 spiro atoms. The molecule has 0 aromatic carbocycles. The molecule has 3 N–H and O–H groups in total. The zero-order valence-electron chi connectivity index (χ0n) is 8.55. The number of aliphatic hydroxyl groups is 1. The van der Waals surface area contributed by atoms with Crippen molar-refractivity contribution in [1.82, 2.24) is 10.6 Å². The summed E-state index contributed by atoms with van der Waals surface area (Å²) >= 11 is 0. The van der Waals surface area contributed by atoms with Gasteiger partial charge in [-0.05, 0) is 25.8 Å². The third-order valence-corrected chi connectivity index (χ3v) is 2.78. The van der Waals surface area contributed by atoms with Crippen LogP contribution in [0.1, 0.15) is 32.6 Å². The number of aliphatic hydroxyl groups excluding tert-OH is 1. The molecule has 78 valence electrons.